The number of benzene rings is 3. The standard InChI is InChI=1S/C24H18Br2ClN3O3/c1-14-29-21-8-7-17(25)10-19(21)24(31)30(14)28-12-16-9-18(26)11-22(32-2)23(16)33-13-15-5-3-4-6-20(15)27/h3-12H,13H2,1-2H3. The molecule has 0 saturated heterocycles. The zero-order chi connectivity index (χ0) is 23.5. The van der Waals surface area contributed by atoms with Gasteiger partial charge in [0.1, 0.15) is 12.4 Å². The van der Waals surface area contributed by atoms with Gasteiger partial charge in [-0.1, -0.05) is 61.7 Å². The first kappa shape index (κ1) is 23.5. The van der Waals surface area contributed by atoms with Crippen LogP contribution in [-0.2, 0) is 6.61 Å². The van der Waals surface area contributed by atoms with E-state index in [1.807, 2.05) is 36.4 Å². The maximum Gasteiger partial charge on any atom is 0.282 e. The summed E-state index contributed by atoms with van der Waals surface area (Å²) < 4.78 is 14.4. The predicted molar refractivity (Wildman–Crippen MR) is 138 cm³/mol. The fourth-order valence-electron chi connectivity index (χ4n) is 3.27. The van der Waals surface area contributed by atoms with Crippen LogP contribution in [0.15, 0.2) is 73.4 Å². The molecule has 9 heteroatoms. The fraction of sp³-hybridized carbons (Fsp3) is 0.125. The number of fused-ring (bicyclic) bond motifs is 1. The minimum Gasteiger partial charge on any atom is -0.493 e. The van der Waals surface area contributed by atoms with E-state index in [1.165, 1.54) is 4.68 Å². The first-order valence-corrected chi connectivity index (χ1v) is 11.8. The van der Waals surface area contributed by atoms with Gasteiger partial charge in [0.15, 0.2) is 11.5 Å². The molecule has 4 rings (SSSR count). The fourth-order valence-corrected chi connectivity index (χ4v) is 4.28. The van der Waals surface area contributed by atoms with E-state index in [-0.39, 0.29) is 12.2 Å². The average molecular weight is 592 g/mol. The van der Waals surface area contributed by atoms with E-state index in [2.05, 4.69) is 41.9 Å². The first-order valence-electron chi connectivity index (χ1n) is 9.84. The molecule has 4 aromatic rings. The lowest BCUT2D eigenvalue weighted by Crippen LogP contribution is -2.20. The second-order valence-electron chi connectivity index (χ2n) is 7.09. The lowest BCUT2D eigenvalue weighted by Gasteiger charge is -2.15. The van der Waals surface area contributed by atoms with Crippen molar-refractivity contribution in [2.75, 3.05) is 7.11 Å². The predicted octanol–water partition coefficient (Wildman–Crippen LogP) is 6.35. The van der Waals surface area contributed by atoms with E-state index in [0.29, 0.717) is 38.8 Å². The third-order valence-electron chi connectivity index (χ3n) is 4.88. The van der Waals surface area contributed by atoms with Gasteiger partial charge in [-0.15, -0.1) is 0 Å². The molecule has 0 amide bonds. The molecule has 0 spiro atoms. The van der Waals surface area contributed by atoms with Gasteiger partial charge < -0.3 is 9.47 Å². The van der Waals surface area contributed by atoms with Gasteiger partial charge in [-0.25, -0.2) is 4.98 Å². The summed E-state index contributed by atoms with van der Waals surface area (Å²) >= 11 is 13.2. The molecule has 6 nitrogen and oxygen atoms in total. The van der Waals surface area contributed by atoms with Crippen LogP contribution >= 0.6 is 43.5 Å². The molecule has 0 unspecified atom stereocenters. The van der Waals surface area contributed by atoms with Gasteiger partial charge in [-0.3, -0.25) is 4.79 Å². The lowest BCUT2D eigenvalue weighted by atomic mass is 10.2. The molecule has 0 aliphatic heterocycles. The summed E-state index contributed by atoms with van der Waals surface area (Å²) in [6.45, 7) is 1.97. The number of nitrogens with zero attached hydrogens (tertiary/aromatic N) is 3. The molecule has 0 fully saturated rings. The lowest BCUT2D eigenvalue weighted by molar-refractivity contribution is 0.284. The number of halogens is 3. The Bertz CT molecular complexity index is 1440. The van der Waals surface area contributed by atoms with E-state index in [0.717, 1.165) is 14.5 Å². The molecule has 33 heavy (non-hydrogen) atoms. The van der Waals surface area contributed by atoms with Crippen molar-refractivity contribution in [2.45, 2.75) is 13.5 Å². The van der Waals surface area contributed by atoms with Crippen LogP contribution in [0.3, 0.4) is 0 Å². The summed E-state index contributed by atoms with van der Waals surface area (Å²) in [6.07, 6.45) is 1.55. The van der Waals surface area contributed by atoms with Crippen molar-refractivity contribution in [3.8, 4) is 11.5 Å². The van der Waals surface area contributed by atoms with Gasteiger partial charge in [-0.2, -0.15) is 9.78 Å². The molecule has 0 radical (unpaired) electrons. The molecule has 0 aliphatic rings. The van der Waals surface area contributed by atoms with Crippen LogP contribution in [-0.4, -0.2) is 23.0 Å². The highest BCUT2D eigenvalue weighted by molar-refractivity contribution is 9.10. The number of hydrogen-bond acceptors (Lipinski definition) is 5. The van der Waals surface area contributed by atoms with Crippen molar-refractivity contribution in [3.05, 3.63) is 95.9 Å². The maximum atomic E-state index is 13.1. The van der Waals surface area contributed by atoms with Crippen molar-refractivity contribution in [3.63, 3.8) is 0 Å². The van der Waals surface area contributed by atoms with Gasteiger partial charge in [-0.05, 0) is 43.3 Å². The van der Waals surface area contributed by atoms with Gasteiger partial charge in [0.25, 0.3) is 5.56 Å². The molecule has 168 valence electrons. The van der Waals surface area contributed by atoms with Gasteiger partial charge in [0, 0.05) is 25.1 Å². The van der Waals surface area contributed by atoms with E-state index < -0.39 is 0 Å². The zero-order valence-corrected chi connectivity index (χ0v) is 21.6. The SMILES string of the molecule is COc1cc(Br)cc(C=Nn2c(C)nc3ccc(Br)cc3c2=O)c1OCc1ccccc1Cl. The topological polar surface area (TPSA) is 65.7 Å². The quantitative estimate of drug-likeness (QED) is 0.245. The van der Waals surface area contributed by atoms with Crippen molar-refractivity contribution in [1.29, 1.82) is 0 Å². The molecule has 0 aliphatic carbocycles. The van der Waals surface area contributed by atoms with Crippen LogP contribution in [0, 0.1) is 6.92 Å². The molecule has 0 atom stereocenters. The molecule has 0 N–H and O–H groups in total. The van der Waals surface area contributed by atoms with Crippen LogP contribution in [0.4, 0.5) is 0 Å². The molecule has 0 bridgehead atoms. The Morgan fingerprint density at radius 3 is 2.67 bits per heavy atom. The van der Waals surface area contributed by atoms with Crippen LogP contribution < -0.4 is 15.0 Å². The molecule has 3 aromatic carbocycles. The molecule has 1 aromatic heterocycles. The number of hydrogen-bond donors (Lipinski definition) is 0. The van der Waals surface area contributed by atoms with Crippen molar-refractivity contribution >= 4 is 60.6 Å². The maximum absolute atomic E-state index is 13.1. The Kier molecular flexibility index (Phi) is 7.17. The highest BCUT2D eigenvalue weighted by Crippen LogP contribution is 2.35. The zero-order valence-electron chi connectivity index (χ0n) is 17.7. The van der Waals surface area contributed by atoms with E-state index >= 15 is 0 Å². The Hall–Kier alpha value is -2.68. The van der Waals surface area contributed by atoms with E-state index in [1.54, 1.807) is 38.4 Å². The summed E-state index contributed by atoms with van der Waals surface area (Å²) in [7, 11) is 1.56. The van der Waals surface area contributed by atoms with Crippen LogP contribution in [0.25, 0.3) is 10.9 Å². The summed E-state index contributed by atoms with van der Waals surface area (Å²) in [6, 6.07) is 16.5. The summed E-state index contributed by atoms with van der Waals surface area (Å²) in [5, 5.41) is 5.50. The van der Waals surface area contributed by atoms with Crippen molar-refractivity contribution in [1.82, 2.24) is 9.66 Å². The minimum atomic E-state index is -0.268. The van der Waals surface area contributed by atoms with Gasteiger partial charge in [0.05, 0.1) is 24.2 Å². The van der Waals surface area contributed by atoms with Crippen LogP contribution in [0.5, 0.6) is 11.5 Å². The Balaban J connectivity index is 1.76. The van der Waals surface area contributed by atoms with Crippen molar-refractivity contribution < 1.29 is 9.47 Å². The average Bonchev–Trinajstić information content (AvgIpc) is 2.79. The first-order chi connectivity index (χ1) is 15.9. The smallest absolute Gasteiger partial charge is 0.282 e. The Morgan fingerprint density at radius 2 is 1.91 bits per heavy atom. The van der Waals surface area contributed by atoms with E-state index in [4.69, 9.17) is 21.1 Å². The number of aryl methyl sites for hydroxylation is 1. The van der Waals surface area contributed by atoms with Gasteiger partial charge in [0.2, 0.25) is 0 Å². The highest BCUT2D eigenvalue weighted by Gasteiger charge is 2.14. The molecule has 1 heterocycles. The highest BCUT2D eigenvalue weighted by atomic mass is 79.9. The third kappa shape index (κ3) is 5.13. The summed E-state index contributed by atoms with van der Waals surface area (Å²) in [5.74, 6) is 1.46. The number of aromatic nitrogens is 2. The molecular weight excluding hydrogens is 574 g/mol. The minimum absolute atomic E-state index is 0.239. The number of methoxy groups -OCH3 is 1. The Labute approximate surface area is 212 Å². The normalized spacial score (nSPS) is 11.3. The molecular formula is C24H18Br2ClN3O3. The van der Waals surface area contributed by atoms with Crippen LogP contribution in [0.2, 0.25) is 5.02 Å². The number of ether oxygens (including phenoxy) is 2. The largest absolute Gasteiger partial charge is 0.493 e. The molecule has 0 saturated carbocycles. The van der Waals surface area contributed by atoms with Crippen LogP contribution in [0.1, 0.15) is 17.0 Å². The third-order valence-corrected chi connectivity index (χ3v) is 6.20. The van der Waals surface area contributed by atoms with E-state index in [9.17, 15) is 4.79 Å². The number of rotatable bonds is 6. The second-order valence-corrected chi connectivity index (χ2v) is 9.33. The summed E-state index contributed by atoms with van der Waals surface area (Å²) in [4.78, 5) is 17.6. The van der Waals surface area contributed by atoms with Crippen molar-refractivity contribution in [2.24, 2.45) is 5.10 Å². The summed E-state index contributed by atoms with van der Waals surface area (Å²) in [5.41, 5.74) is 1.80. The Morgan fingerprint density at radius 1 is 1.12 bits per heavy atom. The second kappa shape index (κ2) is 10.1. The monoisotopic (exact) mass is 589 g/mol. The van der Waals surface area contributed by atoms with Gasteiger partial charge >= 0.3 is 0 Å².